The highest BCUT2D eigenvalue weighted by atomic mass is 19.1. The van der Waals surface area contributed by atoms with Crippen molar-refractivity contribution in [2.45, 2.75) is 50.6 Å². The fourth-order valence-electron chi connectivity index (χ4n) is 5.94. The lowest BCUT2D eigenvalue weighted by Crippen LogP contribution is -2.42. The molecule has 0 spiro atoms. The molecule has 1 saturated carbocycles. The zero-order valence-corrected chi connectivity index (χ0v) is 22.4. The molecule has 6 rings (SSSR count). The van der Waals surface area contributed by atoms with Crippen molar-refractivity contribution in [3.8, 4) is 0 Å². The molecule has 2 aromatic carbocycles. The number of nitrogens with one attached hydrogen (secondary N) is 2. The highest BCUT2D eigenvalue weighted by molar-refractivity contribution is 5.78. The predicted molar refractivity (Wildman–Crippen MR) is 150 cm³/mol. The summed E-state index contributed by atoms with van der Waals surface area (Å²) in [6.07, 6.45) is 5.90. The van der Waals surface area contributed by atoms with Gasteiger partial charge in [-0.1, -0.05) is 18.2 Å². The first-order valence-corrected chi connectivity index (χ1v) is 13.9. The van der Waals surface area contributed by atoms with E-state index in [1.165, 1.54) is 0 Å². The molecule has 1 amide bonds. The minimum absolute atomic E-state index is 0.115. The van der Waals surface area contributed by atoms with Crippen LogP contribution < -0.4 is 21.3 Å². The van der Waals surface area contributed by atoms with Crippen molar-refractivity contribution in [3.63, 3.8) is 0 Å². The van der Waals surface area contributed by atoms with Crippen LogP contribution in [0, 0.1) is 23.4 Å². The molecule has 41 heavy (non-hydrogen) atoms. The molecule has 1 aliphatic carbocycles. The van der Waals surface area contributed by atoms with Crippen LogP contribution in [0.5, 0.6) is 0 Å². The summed E-state index contributed by atoms with van der Waals surface area (Å²) in [7, 11) is 0. The molecule has 1 atom stereocenters. The lowest BCUT2D eigenvalue weighted by molar-refractivity contribution is -0.122. The van der Waals surface area contributed by atoms with Crippen LogP contribution in [0.25, 0.3) is 11.2 Å². The largest absolute Gasteiger partial charge is 0.369 e. The van der Waals surface area contributed by atoms with Gasteiger partial charge in [-0.3, -0.25) is 9.36 Å². The number of hydrogen-bond donors (Lipinski definition) is 3. The molecule has 2 fully saturated rings. The maximum atomic E-state index is 14.6. The fourth-order valence-corrected chi connectivity index (χ4v) is 5.94. The van der Waals surface area contributed by atoms with Gasteiger partial charge in [-0.05, 0) is 50.7 Å². The predicted octanol–water partition coefficient (Wildman–Crippen LogP) is 5.28. The van der Waals surface area contributed by atoms with Gasteiger partial charge in [0.25, 0.3) is 0 Å². The second kappa shape index (κ2) is 11.3. The van der Waals surface area contributed by atoms with Crippen LogP contribution in [0.4, 0.5) is 36.4 Å². The van der Waals surface area contributed by atoms with E-state index in [1.807, 2.05) is 18.2 Å². The van der Waals surface area contributed by atoms with E-state index in [2.05, 4.69) is 37.6 Å². The SMILES string of the molecule is NC(=O)[C@H]1CC[C@H](n2c(Nc3c(F)cc(F)cc3F)nc3cnc(N[C@@H]4CCCN(c5ccccc5)C4)nc32)CC1. The van der Waals surface area contributed by atoms with Crippen LogP contribution >= 0.6 is 0 Å². The molecule has 214 valence electrons. The summed E-state index contributed by atoms with van der Waals surface area (Å²) in [4.78, 5) is 27.9. The number of aromatic nitrogens is 4. The van der Waals surface area contributed by atoms with Crippen molar-refractivity contribution in [1.29, 1.82) is 0 Å². The van der Waals surface area contributed by atoms with Crippen LogP contribution in [-0.4, -0.2) is 44.6 Å². The van der Waals surface area contributed by atoms with Crippen LogP contribution in [0.2, 0.25) is 0 Å². The quantitative estimate of drug-likeness (QED) is 0.280. The highest BCUT2D eigenvalue weighted by Crippen LogP contribution is 2.37. The van der Waals surface area contributed by atoms with E-state index >= 15 is 0 Å². The number of rotatable bonds is 7. The van der Waals surface area contributed by atoms with Gasteiger partial charge in [0.1, 0.15) is 17.0 Å². The van der Waals surface area contributed by atoms with Crippen molar-refractivity contribution in [2.75, 3.05) is 28.6 Å². The summed E-state index contributed by atoms with van der Waals surface area (Å²) in [5, 5.41) is 6.19. The van der Waals surface area contributed by atoms with Gasteiger partial charge in [0, 0.05) is 48.9 Å². The third-order valence-electron chi connectivity index (χ3n) is 8.02. The summed E-state index contributed by atoms with van der Waals surface area (Å²) in [6.45, 7) is 1.76. The number of imidazole rings is 1. The molecule has 2 aliphatic rings. The van der Waals surface area contributed by atoms with E-state index in [9.17, 15) is 18.0 Å². The number of piperidine rings is 1. The van der Waals surface area contributed by atoms with E-state index in [-0.39, 0.29) is 29.9 Å². The number of fused-ring (bicyclic) bond motifs is 1. The second-order valence-corrected chi connectivity index (χ2v) is 10.8. The number of nitrogens with zero attached hydrogens (tertiary/aromatic N) is 5. The molecule has 4 aromatic rings. The van der Waals surface area contributed by atoms with Crippen molar-refractivity contribution >= 4 is 40.3 Å². The Labute approximate surface area is 235 Å². The topological polar surface area (TPSA) is 114 Å². The number of carbonyl (C=O) groups excluding carboxylic acids is 1. The third kappa shape index (κ3) is 5.63. The van der Waals surface area contributed by atoms with Crippen molar-refractivity contribution < 1.29 is 18.0 Å². The Morgan fingerprint density at radius 3 is 2.41 bits per heavy atom. The standard InChI is InChI=1S/C29H31F3N8O/c30-18-13-22(31)25(23(32)14-18)37-29-36-24-15-34-28(35-19-5-4-12-39(16-19)20-6-2-1-3-7-20)38-27(24)40(29)21-10-8-17(9-11-21)26(33)41/h1-3,6-7,13-15,17,19,21H,4-5,8-12,16H2,(H2,33,41)(H,36,37)(H,34,35,38)/t17-,19-,21-/m1/s1. The zero-order valence-electron chi connectivity index (χ0n) is 22.4. The molecular formula is C29H31F3N8O. The summed E-state index contributed by atoms with van der Waals surface area (Å²) in [5.41, 5.74) is 7.12. The smallest absolute Gasteiger partial charge is 0.225 e. The Hall–Kier alpha value is -4.35. The number of carbonyl (C=O) groups is 1. The number of halogens is 3. The van der Waals surface area contributed by atoms with Crippen molar-refractivity contribution in [2.24, 2.45) is 11.7 Å². The van der Waals surface area contributed by atoms with E-state index < -0.39 is 23.1 Å². The number of amides is 1. The molecule has 1 saturated heterocycles. The number of para-hydroxylation sites is 1. The Balaban J connectivity index is 1.31. The molecule has 0 radical (unpaired) electrons. The molecule has 0 bridgehead atoms. The van der Waals surface area contributed by atoms with Crippen molar-refractivity contribution in [3.05, 3.63) is 66.1 Å². The Bertz CT molecular complexity index is 1530. The maximum absolute atomic E-state index is 14.6. The van der Waals surface area contributed by atoms with Crippen LogP contribution in [0.15, 0.2) is 48.7 Å². The fraction of sp³-hybridized carbons (Fsp3) is 0.379. The lowest BCUT2D eigenvalue weighted by Gasteiger charge is -2.34. The van der Waals surface area contributed by atoms with Crippen LogP contribution in [0.1, 0.15) is 44.6 Å². The Morgan fingerprint density at radius 2 is 1.71 bits per heavy atom. The molecular weight excluding hydrogens is 533 g/mol. The zero-order chi connectivity index (χ0) is 28.5. The maximum Gasteiger partial charge on any atom is 0.225 e. The highest BCUT2D eigenvalue weighted by Gasteiger charge is 2.30. The van der Waals surface area contributed by atoms with Gasteiger partial charge < -0.3 is 21.3 Å². The van der Waals surface area contributed by atoms with E-state index in [1.54, 1.807) is 10.8 Å². The first kappa shape index (κ1) is 26.9. The summed E-state index contributed by atoms with van der Waals surface area (Å²) in [5.74, 6) is -3.14. The van der Waals surface area contributed by atoms with Gasteiger partial charge in [0.2, 0.25) is 17.8 Å². The van der Waals surface area contributed by atoms with Gasteiger partial charge >= 0.3 is 0 Å². The molecule has 2 aromatic heterocycles. The van der Waals surface area contributed by atoms with E-state index in [0.29, 0.717) is 54.9 Å². The van der Waals surface area contributed by atoms with Gasteiger partial charge in [0.15, 0.2) is 17.3 Å². The summed E-state index contributed by atoms with van der Waals surface area (Å²) < 4.78 is 44.5. The summed E-state index contributed by atoms with van der Waals surface area (Å²) in [6, 6.07) is 11.4. The first-order chi connectivity index (χ1) is 19.9. The molecule has 4 N–H and O–H groups in total. The van der Waals surface area contributed by atoms with E-state index in [0.717, 1.165) is 31.6 Å². The number of anilines is 4. The number of nitrogens with two attached hydrogens (primary N) is 1. The molecule has 0 unspecified atom stereocenters. The number of primary amides is 1. The van der Waals surface area contributed by atoms with Crippen LogP contribution in [0.3, 0.4) is 0 Å². The Morgan fingerprint density at radius 1 is 0.976 bits per heavy atom. The molecule has 12 heteroatoms. The molecule has 1 aliphatic heterocycles. The first-order valence-electron chi connectivity index (χ1n) is 13.9. The van der Waals surface area contributed by atoms with E-state index in [4.69, 9.17) is 10.7 Å². The monoisotopic (exact) mass is 564 g/mol. The van der Waals surface area contributed by atoms with Gasteiger partial charge in [0.05, 0.1) is 6.20 Å². The van der Waals surface area contributed by atoms with Gasteiger partial charge in [-0.2, -0.15) is 4.98 Å². The second-order valence-electron chi connectivity index (χ2n) is 10.8. The van der Waals surface area contributed by atoms with Gasteiger partial charge in [-0.15, -0.1) is 0 Å². The third-order valence-corrected chi connectivity index (χ3v) is 8.02. The number of benzene rings is 2. The molecule has 9 nitrogen and oxygen atoms in total. The lowest BCUT2D eigenvalue weighted by atomic mass is 9.85. The average molecular weight is 565 g/mol. The van der Waals surface area contributed by atoms with Crippen LogP contribution in [-0.2, 0) is 4.79 Å². The minimum Gasteiger partial charge on any atom is -0.369 e. The molecule has 3 heterocycles. The van der Waals surface area contributed by atoms with Gasteiger partial charge in [-0.25, -0.2) is 23.1 Å². The average Bonchev–Trinajstić information content (AvgIpc) is 3.33. The van der Waals surface area contributed by atoms with Crippen molar-refractivity contribution in [1.82, 2.24) is 19.5 Å². The summed E-state index contributed by atoms with van der Waals surface area (Å²) >= 11 is 0. The number of hydrogen-bond acceptors (Lipinski definition) is 7. The normalized spacial score (nSPS) is 21.1. The minimum atomic E-state index is -1.08. The Kier molecular flexibility index (Phi) is 7.38.